The number of amides is 1. The van der Waals surface area contributed by atoms with Crippen LogP contribution < -0.4 is 4.74 Å². The number of phenolic OH excluding ortho intramolecular Hbond substituents is 1. The van der Waals surface area contributed by atoms with Crippen LogP contribution in [0.1, 0.15) is 42.9 Å². The number of benzene rings is 2. The molecule has 0 bridgehead atoms. The molecule has 2 fully saturated rings. The van der Waals surface area contributed by atoms with Gasteiger partial charge in [-0.3, -0.25) is 9.59 Å². The lowest BCUT2D eigenvalue weighted by atomic mass is 9.94. The summed E-state index contributed by atoms with van der Waals surface area (Å²) in [6, 6.07) is 8.22. The van der Waals surface area contributed by atoms with Crippen molar-refractivity contribution in [3.05, 3.63) is 63.1 Å². The van der Waals surface area contributed by atoms with Gasteiger partial charge < -0.3 is 19.8 Å². The molecule has 4 rings (SSSR count). The fraction of sp³-hybridized carbons (Fsp3) is 0.304. The van der Waals surface area contributed by atoms with Gasteiger partial charge >= 0.3 is 0 Å². The average molecular weight is 462 g/mol. The number of aliphatic hydroxyl groups is 1. The van der Waals surface area contributed by atoms with Crippen LogP contribution in [0.15, 0.2) is 42.0 Å². The number of rotatable bonds is 4. The molecule has 162 valence electrons. The molecule has 1 atom stereocenters. The number of aromatic hydroxyl groups is 1. The Balaban J connectivity index is 1.95. The minimum Gasteiger partial charge on any atom is -0.507 e. The predicted octanol–water partition coefficient (Wildman–Crippen LogP) is 5.07. The standard InChI is InChI=1S/C23H21Cl2NO5/c1-31-18-9-7-13(24)11-15(18)21(28)19-20(12-6-8-17(27)16(25)10-12)26(23(30)22(19)29)14-4-2-3-5-14/h6-11,14,20,27-28H,2-5H2,1H3/b21-19+. The summed E-state index contributed by atoms with van der Waals surface area (Å²) in [7, 11) is 1.44. The molecule has 1 saturated carbocycles. The van der Waals surface area contributed by atoms with Crippen molar-refractivity contribution >= 4 is 40.7 Å². The van der Waals surface area contributed by atoms with Gasteiger partial charge in [0.2, 0.25) is 0 Å². The first-order chi connectivity index (χ1) is 14.8. The summed E-state index contributed by atoms with van der Waals surface area (Å²) >= 11 is 12.2. The van der Waals surface area contributed by atoms with Crippen molar-refractivity contribution in [2.75, 3.05) is 7.11 Å². The second kappa shape index (κ2) is 8.44. The zero-order chi connectivity index (χ0) is 22.3. The number of nitrogens with zero attached hydrogens (tertiary/aromatic N) is 1. The van der Waals surface area contributed by atoms with Gasteiger partial charge in [-0.25, -0.2) is 0 Å². The first-order valence-electron chi connectivity index (χ1n) is 9.96. The molecule has 0 spiro atoms. The number of hydrogen-bond donors (Lipinski definition) is 2. The van der Waals surface area contributed by atoms with Gasteiger partial charge in [0.15, 0.2) is 0 Å². The fourth-order valence-corrected chi connectivity index (χ4v) is 4.80. The van der Waals surface area contributed by atoms with E-state index in [0.717, 1.165) is 25.7 Å². The zero-order valence-corrected chi connectivity index (χ0v) is 18.3. The van der Waals surface area contributed by atoms with E-state index in [4.69, 9.17) is 27.9 Å². The van der Waals surface area contributed by atoms with Crippen LogP contribution in [0.5, 0.6) is 11.5 Å². The van der Waals surface area contributed by atoms with Gasteiger partial charge in [-0.1, -0.05) is 42.1 Å². The Bertz CT molecular complexity index is 1090. The summed E-state index contributed by atoms with van der Waals surface area (Å²) in [5, 5.41) is 21.5. The van der Waals surface area contributed by atoms with E-state index in [1.165, 1.54) is 25.3 Å². The molecule has 6 nitrogen and oxygen atoms in total. The van der Waals surface area contributed by atoms with E-state index in [1.807, 2.05) is 0 Å². The SMILES string of the molecule is COc1ccc(Cl)cc1/C(O)=C1\C(=O)C(=O)N(C2CCCC2)C1c1ccc(O)c(Cl)c1. The van der Waals surface area contributed by atoms with Gasteiger partial charge in [0.05, 0.1) is 29.3 Å². The number of hydrogen-bond acceptors (Lipinski definition) is 5. The van der Waals surface area contributed by atoms with Gasteiger partial charge in [-0.05, 0) is 48.7 Å². The summed E-state index contributed by atoms with van der Waals surface area (Å²) in [5.74, 6) is -1.60. The summed E-state index contributed by atoms with van der Waals surface area (Å²) in [6.45, 7) is 0. The molecule has 8 heteroatoms. The molecule has 1 amide bonds. The van der Waals surface area contributed by atoms with Crippen molar-refractivity contribution in [2.24, 2.45) is 0 Å². The minimum absolute atomic E-state index is 0.0563. The number of likely N-dealkylation sites (tertiary alicyclic amines) is 1. The fourth-order valence-electron chi connectivity index (χ4n) is 4.44. The lowest BCUT2D eigenvalue weighted by Crippen LogP contribution is -2.37. The van der Waals surface area contributed by atoms with Crippen LogP contribution in [0.3, 0.4) is 0 Å². The molecule has 31 heavy (non-hydrogen) atoms. The molecule has 2 aromatic carbocycles. The first kappa shape index (κ1) is 21.5. The third-order valence-corrected chi connectivity index (χ3v) is 6.44. The third-order valence-electron chi connectivity index (χ3n) is 5.90. The molecule has 0 aromatic heterocycles. The van der Waals surface area contributed by atoms with E-state index < -0.39 is 17.7 Å². The quantitative estimate of drug-likeness (QED) is 0.376. The molecular weight excluding hydrogens is 441 g/mol. The smallest absolute Gasteiger partial charge is 0.295 e. The van der Waals surface area contributed by atoms with Crippen molar-refractivity contribution in [1.29, 1.82) is 0 Å². The first-order valence-corrected chi connectivity index (χ1v) is 10.7. The molecule has 1 saturated heterocycles. The van der Waals surface area contributed by atoms with Crippen LogP contribution in [-0.4, -0.2) is 40.0 Å². The third kappa shape index (κ3) is 3.75. The Morgan fingerprint density at radius 3 is 2.45 bits per heavy atom. The predicted molar refractivity (Wildman–Crippen MR) is 118 cm³/mol. The molecule has 2 aliphatic rings. The number of ether oxygens (including phenoxy) is 1. The Kier molecular flexibility index (Phi) is 5.86. The van der Waals surface area contributed by atoms with E-state index in [1.54, 1.807) is 23.1 Å². The second-order valence-electron chi connectivity index (χ2n) is 7.70. The highest BCUT2D eigenvalue weighted by Gasteiger charge is 2.49. The maximum absolute atomic E-state index is 13.1. The average Bonchev–Trinajstić information content (AvgIpc) is 3.36. The van der Waals surface area contributed by atoms with Crippen LogP contribution in [-0.2, 0) is 9.59 Å². The van der Waals surface area contributed by atoms with E-state index in [0.29, 0.717) is 16.3 Å². The number of phenols is 1. The van der Waals surface area contributed by atoms with E-state index in [9.17, 15) is 19.8 Å². The number of Topliss-reactive ketones (excluding diaryl/α,β-unsaturated/α-hetero) is 1. The molecular formula is C23H21Cl2NO5. The van der Waals surface area contributed by atoms with E-state index in [2.05, 4.69) is 0 Å². The van der Waals surface area contributed by atoms with Crippen LogP contribution in [0.4, 0.5) is 0 Å². The van der Waals surface area contributed by atoms with Gasteiger partial charge in [-0.2, -0.15) is 0 Å². The van der Waals surface area contributed by atoms with Crippen molar-refractivity contribution < 1.29 is 24.5 Å². The molecule has 2 aromatic rings. The van der Waals surface area contributed by atoms with Gasteiger partial charge in [0.25, 0.3) is 11.7 Å². The van der Waals surface area contributed by atoms with E-state index >= 15 is 0 Å². The van der Waals surface area contributed by atoms with Crippen LogP contribution in [0.25, 0.3) is 5.76 Å². The van der Waals surface area contributed by atoms with Crippen molar-refractivity contribution in [1.82, 2.24) is 4.90 Å². The lowest BCUT2D eigenvalue weighted by molar-refractivity contribution is -0.141. The summed E-state index contributed by atoms with van der Waals surface area (Å²) < 4.78 is 5.33. The highest BCUT2D eigenvalue weighted by atomic mass is 35.5. The van der Waals surface area contributed by atoms with Crippen LogP contribution in [0.2, 0.25) is 10.0 Å². The summed E-state index contributed by atoms with van der Waals surface area (Å²) in [4.78, 5) is 27.8. The molecule has 2 N–H and O–H groups in total. The van der Waals surface area contributed by atoms with E-state index in [-0.39, 0.29) is 33.7 Å². The summed E-state index contributed by atoms with van der Waals surface area (Å²) in [5.41, 5.74) is 0.685. The van der Waals surface area contributed by atoms with Gasteiger partial charge in [0.1, 0.15) is 17.3 Å². The Hall–Kier alpha value is -2.70. The Morgan fingerprint density at radius 2 is 1.81 bits per heavy atom. The van der Waals surface area contributed by atoms with Crippen molar-refractivity contribution in [3.8, 4) is 11.5 Å². The van der Waals surface area contributed by atoms with Crippen LogP contribution >= 0.6 is 23.2 Å². The minimum atomic E-state index is -0.843. The number of ketones is 1. The van der Waals surface area contributed by atoms with Crippen molar-refractivity contribution in [2.45, 2.75) is 37.8 Å². The normalized spacial score (nSPS) is 21.1. The molecule has 1 heterocycles. The zero-order valence-electron chi connectivity index (χ0n) is 16.8. The highest BCUT2D eigenvalue weighted by Crippen LogP contribution is 2.45. The Labute approximate surface area is 189 Å². The Morgan fingerprint density at radius 1 is 1.10 bits per heavy atom. The number of carbonyl (C=O) groups excluding carboxylic acids is 2. The van der Waals surface area contributed by atoms with Gasteiger partial charge in [0, 0.05) is 11.1 Å². The maximum Gasteiger partial charge on any atom is 0.295 e. The van der Waals surface area contributed by atoms with Crippen LogP contribution in [0, 0.1) is 0 Å². The van der Waals surface area contributed by atoms with Gasteiger partial charge in [-0.15, -0.1) is 0 Å². The second-order valence-corrected chi connectivity index (χ2v) is 8.54. The maximum atomic E-state index is 13.1. The van der Waals surface area contributed by atoms with Crippen molar-refractivity contribution in [3.63, 3.8) is 0 Å². The molecule has 0 radical (unpaired) electrons. The number of carbonyl (C=O) groups is 2. The number of aliphatic hydroxyl groups excluding tert-OH is 1. The lowest BCUT2D eigenvalue weighted by Gasteiger charge is -2.31. The monoisotopic (exact) mass is 461 g/mol. The molecule has 1 aliphatic heterocycles. The topological polar surface area (TPSA) is 87.1 Å². The number of methoxy groups -OCH3 is 1. The summed E-state index contributed by atoms with van der Waals surface area (Å²) in [6.07, 6.45) is 3.46. The number of halogens is 2. The molecule has 1 unspecified atom stereocenters. The molecule has 1 aliphatic carbocycles. The highest BCUT2D eigenvalue weighted by molar-refractivity contribution is 6.46. The largest absolute Gasteiger partial charge is 0.507 e.